The largest absolute Gasteiger partial charge is 0.462 e. The first-order chi connectivity index (χ1) is 39.5. The van der Waals surface area contributed by atoms with Crippen molar-refractivity contribution in [2.75, 3.05) is 13.2 Å². The van der Waals surface area contributed by atoms with E-state index >= 15 is 0 Å². The molecule has 0 aromatic rings. The molecule has 0 aromatic heterocycles. The van der Waals surface area contributed by atoms with Crippen LogP contribution < -0.4 is 0 Å². The van der Waals surface area contributed by atoms with Gasteiger partial charge in [-0.1, -0.05) is 296 Å². The van der Waals surface area contributed by atoms with Gasteiger partial charge in [0.25, 0.3) is 0 Å². The van der Waals surface area contributed by atoms with Crippen molar-refractivity contribution in [1.29, 1.82) is 0 Å². The zero-order valence-electron chi connectivity index (χ0n) is 52.0. The van der Waals surface area contributed by atoms with Gasteiger partial charge in [-0.15, -0.1) is 0 Å². The molecule has 0 amide bonds. The molecular formula is C74H122O6. The van der Waals surface area contributed by atoms with E-state index < -0.39 is 6.10 Å². The number of carbonyl (C=O) groups is 3. The van der Waals surface area contributed by atoms with Gasteiger partial charge in [0.1, 0.15) is 13.2 Å². The third-order valence-electron chi connectivity index (χ3n) is 13.9. The van der Waals surface area contributed by atoms with Crippen LogP contribution in [0.1, 0.15) is 297 Å². The molecule has 0 spiro atoms. The van der Waals surface area contributed by atoms with Crippen molar-refractivity contribution in [1.82, 2.24) is 0 Å². The highest BCUT2D eigenvalue weighted by Gasteiger charge is 2.19. The molecule has 1 atom stereocenters. The van der Waals surface area contributed by atoms with E-state index in [9.17, 15) is 14.4 Å². The minimum atomic E-state index is -0.795. The first kappa shape index (κ1) is 75.5. The number of carbonyl (C=O) groups excluding carboxylic acids is 3. The number of rotatable bonds is 59. The summed E-state index contributed by atoms with van der Waals surface area (Å²) in [7, 11) is 0. The first-order valence-electron chi connectivity index (χ1n) is 33.2. The van der Waals surface area contributed by atoms with E-state index in [1.807, 2.05) is 0 Å². The number of allylic oxidation sites excluding steroid dienone is 22. The molecule has 0 bridgehead atoms. The van der Waals surface area contributed by atoms with Crippen LogP contribution in [-0.2, 0) is 28.6 Å². The molecule has 0 radical (unpaired) electrons. The fourth-order valence-electron chi connectivity index (χ4n) is 9.00. The molecule has 0 aliphatic rings. The number of hydrogen-bond acceptors (Lipinski definition) is 6. The lowest BCUT2D eigenvalue weighted by Crippen LogP contribution is -2.30. The lowest BCUT2D eigenvalue weighted by Gasteiger charge is -2.18. The Morgan fingerprint density at radius 2 is 0.487 bits per heavy atom. The lowest BCUT2D eigenvalue weighted by atomic mass is 10.0. The Morgan fingerprint density at radius 3 is 0.762 bits per heavy atom. The van der Waals surface area contributed by atoms with Gasteiger partial charge in [0, 0.05) is 19.3 Å². The topological polar surface area (TPSA) is 78.9 Å². The summed E-state index contributed by atoms with van der Waals surface area (Å²) in [6.45, 7) is 6.41. The van der Waals surface area contributed by atoms with Crippen LogP contribution in [-0.4, -0.2) is 37.2 Å². The van der Waals surface area contributed by atoms with Crippen molar-refractivity contribution in [3.63, 3.8) is 0 Å². The normalized spacial score (nSPS) is 13.0. The second kappa shape index (κ2) is 67.1. The van der Waals surface area contributed by atoms with E-state index in [0.29, 0.717) is 19.3 Å². The Balaban J connectivity index is 4.35. The van der Waals surface area contributed by atoms with Crippen molar-refractivity contribution in [3.05, 3.63) is 134 Å². The maximum Gasteiger partial charge on any atom is 0.306 e. The standard InChI is InChI=1S/C74H122O6/c1-4-7-10-13-16-19-22-25-28-30-31-32-33-34-35-36-37-38-39-40-41-42-43-44-47-49-52-55-58-61-64-67-73(76)79-70-71(69-78-72(75)66-63-60-57-54-51-48-45-27-24-21-18-15-12-9-6-3)80-74(77)68-65-62-59-56-53-50-46-29-26-23-20-17-14-11-8-5-2/h7,9-10,12,16,18-19,21,25,27-28,31-32,34-35,37-38,40-41,43-45,71H,4-6,8,11,13-15,17,20,22-24,26,29-30,33,36,39,42,46-70H2,1-3H3/b10-7-,12-9-,19-16-,21-18-,28-25-,32-31-,35-34-,38-37-,41-40-,44-43-,45-27-. The Morgan fingerprint density at radius 1 is 0.263 bits per heavy atom. The summed E-state index contributed by atoms with van der Waals surface area (Å²) in [5.74, 6) is -0.916. The molecule has 0 aliphatic heterocycles. The van der Waals surface area contributed by atoms with Crippen LogP contribution in [0.25, 0.3) is 0 Å². The van der Waals surface area contributed by atoms with Gasteiger partial charge in [-0.3, -0.25) is 14.4 Å². The Labute approximate surface area is 494 Å². The predicted molar refractivity (Wildman–Crippen MR) is 348 cm³/mol. The first-order valence-corrected chi connectivity index (χ1v) is 33.2. The molecule has 0 saturated heterocycles. The quantitative estimate of drug-likeness (QED) is 0.0261. The van der Waals surface area contributed by atoms with E-state index in [2.05, 4.69) is 154 Å². The monoisotopic (exact) mass is 1110 g/mol. The molecular weight excluding hydrogens is 985 g/mol. The Kier molecular flexibility index (Phi) is 63.3. The fourth-order valence-corrected chi connectivity index (χ4v) is 9.00. The molecule has 80 heavy (non-hydrogen) atoms. The average Bonchev–Trinajstić information content (AvgIpc) is 3.46. The SMILES string of the molecule is CC/C=C\C/C=C\C/C=C\C/C=C\C/C=C\C/C=C\C/C=C\C/C=C\CCCCCCCCC(=O)OCC(COC(=O)CCCCCCC/C=C\C/C=C\C/C=C\CC)OC(=O)CCCCCCCCCCCCCCCCCC. The van der Waals surface area contributed by atoms with Crippen LogP contribution >= 0.6 is 0 Å². The van der Waals surface area contributed by atoms with Gasteiger partial charge >= 0.3 is 17.9 Å². The van der Waals surface area contributed by atoms with Crippen molar-refractivity contribution in [2.45, 2.75) is 303 Å². The maximum absolute atomic E-state index is 12.9. The maximum atomic E-state index is 12.9. The summed E-state index contributed by atoms with van der Waals surface area (Å²) in [6, 6.07) is 0. The molecule has 6 heteroatoms. The molecule has 0 heterocycles. The van der Waals surface area contributed by atoms with Gasteiger partial charge in [0.05, 0.1) is 0 Å². The average molecular weight is 1110 g/mol. The van der Waals surface area contributed by atoms with Crippen LogP contribution in [0.4, 0.5) is 0 Å². The molecule has 0 aromatic carbocycles. The van der Waals surface area contributed by atoms with Crippen LogP contribution in [0, 0.1) is 0 Å². The van der Waals surface area contributed by atoms with Crippen LogP contribution in [0.3, 0.4) is 0 Å². The third kappa shape index (κ3) is 64.4. The Hall–Kier alpha value is -4.45. The number of esters is 3. The van der Waals surface area contributed by atoms with Crippen molar-refractivity contribution >= 4 is 17.9 Å². The van der Waals surface area contributed by atoms with Crippen molar-refractivity contribution in [2.24, 2.45) is 0 Å². The second-order valence-corrected chi connectivity index (χ2v) is 21.6. The van der Waals surface area contributed by atoms with Crippen LogP contribution in [0.2, 0.25) is 0 Å². The van der Waals surface area contributed by atoms with Gasteiger partial charge in [-0.2, -0.15) is 0 Å². The minimum absolute atomic E-state index is 0.0925. The summed E-state index contributed by atoms with van der Waals surface area (Å²) in [6.07, 6.45) is 94.6. The molecule has 0 rings (SSSR count). The zero-order valence-corrected chi connectivity index (χ0v) is 52.0. The molecule has 0 saturated carbocycles. The molecule has 454 valence electrons. The predicted octanol–water partition coefficient (Wildman–Crippen LogP) is 22.9. The second-order valence-electron chi connectivity index (χ2n) is 21.6. The fraction of sp³-hybridized carbons (Fsp3) is 0.662. The molecule has 1 unspecified atom stereocenters. The van der Waals surface area contributed by atoms with Gasteiger partial charge in [0.15, 0.2) is 6.10 Å². The Bertz CT molecular complexity index is 1700. The summed E-state index contributed by atoms with van der Waals surface area (Å²) in [4.78, 5) is 38.3. The highest BCUT2D eigenvalue weighted by Crippen LogP contribution is 2.16. The van der Waals surface area contributed by atoms with Gasteiger partial charge in [-0.25, -0.2) is 0 Å². The van der Waals surface area contributed by atoms with Crippen LogP contribution in [0.5, 0.6) is 0 Å². The third-order valence-corrected chi connectivity index (χ3v) is 13.9. The van der Waals surface area contributed by atoms with Gasteiger partial charge in [0.2, 0.25) is 0 Å². The van der Waals surface area contributed by atoms with E-state index in [1.54, 1.807) is 0 Å². The number of unbranched alkanes of at least 4 members (excludes halogenated alkanes) is 26. The van der Waals surface area contributed by atoms with Crippen molar-refractivity contribution in [3.8, 4) is 0 Å². The summed E-state index contributed by atoms with van der Waals surface area (Å²) in [5.41, 5.74) is 0. The lowest BCUT2D eigenvalue weighted by molar-refractivity contribution is -0.167. The smallest absolute Gasteiger partial charge is 0.306 e. The van der Waals surface area contributed by atoms with E-state index in [-0.39, 0.29) is 31.1 Å². The summed E-state index contributed by atoms with van der Waals surface area (Å²) in [5, 5.41) is 0. The number of hydrogen-bond donors (Lipinski definition) is 0. The minimum Gasteiger partial charge on any atom is -0.462 e. The van der Waals surface area contributed by atoms with E-state index in [0.717, 1.165) is 161 Å². The summed E-state index contributed by atoms with van der Waals surface area (Å²) < 4.78 is 16.9. The molecule has 0 N–H and O–H groups in total. The van der Waals surface area contributed by atoms with E-state index in [4.69, 9.17) is 14.2 Å². The van der Waals surface area contributed by atoms with Crippen LogP contribution in [0.15, 0.2) is 134 Å². The zero-order chi connectivity index (χ0) is 57.8. The molecule has 6 nitrogen and oxygen atoms in total. The van der Waals surface area contributed by atoms with E-state index in [1.165, 1.54) is 96.3 Å². The highest BCUT2D eigenvalue weighted by atomic mass is 16.6. The highest BCUT2D eigenvalue weighted by molar-refractivity contribution is 5.71. The van der Waals surface area contributed by atoms with Gasteiger partial charge < -0.3 is 14.2 Å². The van der Waals surface area contributed by atoms with Gasteiger partial charge in [-0.05, 0) is 116 Å². The van der Waals surface area contributed by atoms with Crippen molar-refractivity contribution < 1.29 is 28.6 Å². The number of ether oxygens (including phenoxy) is 3. The molecule has 0 fully saturated rings. The molecule has 0 aliphatic carbocycles. The summed E-state index contributed by atoms with van der Waals surface area (Å²) >= 11 is 0.